The third-order valence-corrected chi connectivity index (χ3v) is 1.84. The van der Waals surface area contributed by atoms with Gasteiger partial charge in [0.2, 0.25) is 6.29 Å². The molecule has 4 heteroatoms. The van der Waals surface area contributed by atoms with Gasteiger partial charge in [0.05, 0.1) is 0 Å². The molecular formula is C11H11O4. The first kappa shape index (κ1) is 11.2. The van der Waals surface area contributed by atoms with Gasteiger partial charge >= 0.3 is 5.97 Å². The lowest BCUT2D eigenvalue weighted by Crippen LogP contribution is -2.11. The predicted octanol–water partition coefficient (Wildman–Crippen LogP) is 1.50. The number of benzene rings is 1. The minimum absolute atomic E-state index is 0.0882. The summed E-state index contributed by atoms with van der Waals surface area (Å²) < 4.78 is 4.83. The first-order chi connectivity index (χ1) is 7.17. The third-order valence-electron chi connectivity index (χ3n) is 1.84. The molecule has 0 aliphatic rings. The number of hydrogen-bond acceptors (Lipinski definition) is 4. The summed E-state index contributed by atoms with van der Waals surface area (Å²) in [6, 6.07) is 5.85. The second-order valence-corrected chi connectivity index (χ2v) is 2.93. The van der Waals surface area contributed by atoms with Gasteiger partial charge in [-0.2, -0.15) is 0 Å². The first-order valence-corrected chi connectivity index (χ1v) is 4.53. The van der Waals surface area contributed by atoms with E-state index in [1.807, 2.05) is 0 Å². The molecule has 0 spiro atoms. The van der Waals surface area contributed by atoms with Crippen LogP contribution in [0.3, 0.4) is 0 Å². The SMILES string of the molecule is CCC(=O)OC([C]=O)c1ccc(O)cc1. The molecule has 4 nitrogen and oxygen atoms in total. The van der Waals surface area contributed by atoms with Crippen molar-refractivity contribution in [1.29, 1.82) is 0 Å². The lowest BCUT2D eigenvalue weighted by molar-refractivity contribution is -0.146. The van der Waals surface area contributed by atoms with Crippen LogP contribution in [0.5, 0.6) is 5.75 Å². The molecule has 1 radical (unpaired) electrons. The molecule has 0 saturated heterocycles. The average molecular weight is 207 g/mol. The van der Waals surface area contributed by atoms with Crippen LogP contribution in [0.25, 0.3) is 0 Å². The predicted molar refractivity (Wildman–Crippen MR) is 52.9 cm³/mol. The molecule has 0 saturated carbocycles. The van der Waals surface area contributed by atoms with E-state index in [-0.39, 0.29) is 12.2 Å². The van der Waals surface area contributed by atoms with Crippen molar-refractivity contribution in [1.82, 2.24) is 0 Å². The van der Waals surface area contributed by atoms with Crippen molar-refractivity contribution in [2.45, 2.75) is 19.4 Å². The molecule has 0 aliphatic carbocycles. The van der Waals surface area contributed by atoms with Crippen LogP contribution in [0.15, 0.2) is 24.3 Å². The molecule has 1 aromatic rings. The molecule has 1 rings (SSSR count). The van der Waals surface area contributed by atoms with E-state index < -0.39 is 12.1 Å². The molecule has 1 atom stereocenters. The van der Waals surface area contributed by atoms with Crippen LogP contribution in [0.2, 0.25) is 0 Å². The van der Waals surface area contributed by atoms with E-state index in [0.717, 1.165) is 0 Å². The molecular weight excluding hydrogens is 196 g/mol. The molecule has 15 heavy (non-hydrogen) atoms. The Morgan fingerprint density at radius 1 is 1.47 bits per heavy atom. The molecule has 0 heterocycles. The Hall–Kier alpha value is -1.84. The second-order valence-electron chi connectivity index (χ2n) is 2.93. The monoisotopic (exact) mass is 207 g/mol. The Kier molecular flexibility index (Phi) is 3.85. The van der Waals surface area contributed by atoms with Crippen LogP contribution >= 0.6 is 0 Å². The lowest BCUT2D eigenvalue weighted by Gasteiger charge is -2.10. The summed E-state index contributed by atoms with van der Waals surface area (Å²) in [5.74, 6) is -0.373. The van der Waals surface area contributed by atoms with E-state index in [1.54, 1.807) is 13.2 Å². The van der Waals surface area contributed by atoms with Gasteiger partial charge in [-0.1, -0.05) is 19.1 Å². The number of esters is 1. The van der Waals surface area contributed by atoms with Crippen LogP contribution in [-0.4, -0.2) is 17.4 Å². The Morgan fingerprint density at radius 2 is 2.07 bits per heavy atom. The van der Waals surface area contributed by atoms with Crippen molar-refractivity contribution >= 4 is 12.3 Å². The highest BCUT2D eigenvalue weighted by atomic mass is 16.5. The van der Waals surface area contributed by atoms with Crippen molar-refractivity contribution < 1.29 is 19.4 Å². The average Bonchev–Trinajstić information content (AvgIpc) is 2.27. The number of rotatable bonds is 4. The van der Waals surface area contributed by atoms with Gasteiger partial charge in [0, 0.05) is 12.0 Å². The summed E-state index contributed by atoms with van der Waals surface area (Å²) in [4.78, 5) is 21.5. The van der Waals surface area contributed by atoms with Crippen molar-refractivity contribution in [3.8, 4) is 5.75 Å². The minimum Gasteiger partial charge on any atom is -0.508 e. The Balaban J connectivity index is 2.78. The molecule has 1 unspecified atom stereocenters. The maximum atomic E-state index is 11.0. The van der Waals surface area contributed by atoms with Gasteiger partial charge in [-0.3, -0.25) is 9.59 Å². The summed E-state index contributed by atoms with van der Waals surface area (Å²) in [7, 11) is 0. The van der Waals surface area contributed by atoms with Gasteiger partial charge in [0.1, 0.15) is 5.75 Å². The van der Waals surface area contributed by atoms with Crippen LogP contribution in [-0.2, 0) is 14.3 Å². The summed E-state index contributed by atoms with van der Waals surface area (Å²) >= 11 is 0. The van der Waals surface area contributed by atoms with E-state index in [0.29, 0.717) is 5.56 Å². The fourth-order valence-electron chi connectivity index (χ4n) is 1.02. The molecule has 79 valence electrons. The normalized spacial score (nSPS) is 11.8. The number of carbonyl (C=O) groups is 1. The summed E-state index contributed by atoms with van der Waals surface area (Å²) in [6.45, 7) is 1.64. The highest BCUT2D eigenvalue weighted by Gasteiger charge is 2.15. The fourth-order valence-corrected chi connectivity index (χ4v) is 1.02. The number of aromatic hydroxyl groups is 1. The van der Waals surface area contributed by atoms with Gasteiger partial charge in [0.15, 0.2) is 6.10 Å². The van der Waals surface area contributed by atoms with Crippen LogP contribution in [0.1, 0.15) is 25.0 Å². The zero-order valence-electron chi connectivity index (χ0n) is 8.27. The molecule has 0 aliphatic heterocycles. The maximum absolute atomic E-state index is 11.0. The molecule has 0 bridgehead atoms. The summed E-state index contributed by atoms with van der Waals surface area (Å²) in [5, 5.41) is 9.03. The lowest BCUT2D eigenvalue weighted by atomic mass is 10.1. The number of ether oxygens (including phenoxy) is 1. The zero-order valence-corrected chi connectivity index (χ0v) is 8.27. The molecule has 1 aromatic carbocycles. The quantitative estimate of drug-likeness (QED) is 0.760. The van der Waals surface area contributed by atoms with Crippen molar-refractivity contribution in [2.24, 2.45) is 0 Å². The van der Waals surface area contributed by atoms with Crippen LogP contribution < -0.4 is 0 Å². The molecule has 1 N–H and O–H groups in total. The van der Waals surface area contributed by atoms with E-state index in [2.05, 4.69) is 0 Å². The zero-order chi connectivity index (χ0) is 11.3. The standard InChI is InChI=1S/C11H11O4/c1-2-11(14)15-10(7-12)8-3-5-9(13)6-4-8/h3-6,10,13H,2H2,1H3. The molecule has 0 amide bonds. The minimum atomic E-state index is -1.02. The van der Waals surface area contributed by atoms with E-state index >= 15 is 0 Å². The number of carbonyl (C=O) groups excluding carboxylic acids is 2. The number of phenolic OH excluding ortho intramolecular Hbond substituents is 1. The van der Waals surface area contributed by atoms with Gasteiger partial charge in [-0.25, -0.2) is 0 Å². The van der Waals surface area contributed by atoms with Gasteiger partial charge < -0.3 is 9.84 Å². The Bertz CT molecular complexity index is 342. The smallest absolute Gasteiger partial charge is 0.306 e. The van der Waals surface area contributed by atoms with Gasteiger partial charge in [-0.15, -0.1) is 0 Å². The number of phenols is 1. The van der Waals surface area contributed by atoms with E-state index in [4.69, 9.17) is 9.84 Å². The fraction of sp³-hybridized carbons (Fsp3) is 0.273. The largest absolute Gasteiger partial charge is 0.508 e. The second kappa shape index (κ2) is 5.14. The van der Waals surface area contributed by atoms with E-state index in [9.17, 15) is 9.59 Å². The van der Waals surface area contributed by atoms with Gasteiger partial charge in [0.25, 0.3) is 0 Å². The van der Waals surface area contributed by atoms with Crippen molar-refractivity contribution in [2.75, 3.05) is 0 Å². The summed E-state index contributed by atoms with van der Waals surface area (Å²) in [6.07, 6.45) is 0.817. The number of hydrogen-bond donors (Lipinski definition) is 1. The van der Waals surface area contributed by atoms with E-state index in [1.165, 1.54) is 24.3 Å². The topological polar surface area (TPSA) is 63.6 Å². The Labute approximate surface area is 87.5 Å². The van der Waals surface area contributed by atoms with Crippen molar-refractivity contribution in [3.05, 3.63) is 29.8 Å². The van der Waals surface area contributed by atoms with Crippen molar-refractivity contribution in [3.63, 3.8) is 0 Å². The highest BCUT2D eigenvalue weighted by molar-refractivity contribution is 5.73. The van der Waals surface area contributed by atoms with Gasteiger partial charge in [-0.05, 0) is 12.1 Å². The molecule has 0 fully saturated rings. The third kappa shape index (κ3) is 3.09. The highest BCUT2D eigenvalue weighted by Crippen LogP contribution is 2.18. The Morgan fingerprint density at radius 3 is 2.53 bits per heavy atom. The maximum Gasteiger partial charge on any atom is 0.306 e. The first-order valence-electron chi connectivity index (χ1n) is 4.53. The van der Waals surface area contributed by atoms with Crippen LogP contribution in [0.4, 0.5) is 0 Å². The van der Waals surface area contributed by atoms with Crippen LogP contribution in [0, 0.1) is 0 Å². The summed E-state index contributed by atoms with van der Waals surface area (Å²) in [5.41, 5.74) is 0.490. The molecule has 0 aromatic heterocycles.